The number of thiazole rings is 1. The van der Waals surface area contributed by atoms with E-state index in [0.717, 1.165) is 11.3 Å². The molecule has 1 aromatic rings. The van der Waals surface area contributed by atoms with Crippen molar-refractivity contribution in [3.63, 3.8) is 0 Å². The summed E-state index contributed by atoms with van der Waals surface area (Å²) in [4.78, 5) is 3.98. The molecule has 0 saturated carbocycles. The molecule has 13 heavy (non-hydrogen) atoms. The molecule has 1 rings (SSSR count). The summed E-state index contributed by atoms with van der Waals surface area (Å²) < 4.78 is 37.1. The smallest absolute Gasteiger partial charge is 0.329 e. The van der Waals surface area contributed by atoms with Gasteiger partial charge in [0.15, 0.2) is 0 Å². The van der Waals surface area contributed by atoms with Crippen molar-refractivity contribution in [3.05, 3.63) is 16.1 Å². The van der Waals surface area contributed by atoms with Crippen molar-refractivity contribution >= 4 is 11.3 Å². The van der Waals surface area contributed by atoms with Crippen molar-refractivity contribution in [2.45, 2.75) is 19.0 Å². The van der Waals surface area contributed by atoms with Crippen LogP contribution in [0.5, 0.6) is 0 Å². The van der Waals surface area contributed by atoms with Crippen LogP contribution in [0.2, 0.25) is 0 Å². The summed E-state index contributed by atoms with van der Waals surface area (Å²) in [6.07, 6.45) is -4.27. The molecule has 0 bridgehead atoms. The van der Waals surface area contributed by atoms with E-state index >= 15 is 0 Å². The first kappa shape index (κ1) is 10.5. The molecule has 2 nitrogen and oxygen atoms in total. The quantitative estimate of drug-likeness (QED) is 0.811. The molecule has 1 heterocycles. The van der Waals surface area contributed by atoms with Crippen LogP contribution in [-0.2, 0) is 0 Å². The summed E-state index contributed by atoms with van der Waals surface area (Å²) in [7, 11) is 0. The van der Waals surface area contributed by atoms with Crippen molar-refractivity contribution in [2.24, 2.45) is 5.73 Å². The number of rotatable bonds is 2. The second-order valence-corrected chi connectivity index (χ2v) is 3.52. The molecule has 1 aromatic heterocycles. The molecule has 0 aromatic carbocycles. The van der Waals surface area contributed by atoms with Gasteiger partial charge in [0.25, 0.3) is 0 Å². The molecule has 0 radical (unpaired) electrons. The molecule has 0 aliphatic rings. The first-order chi connectivity index (χ1) is 5.96. The van der Waals surface area contributed by atoms with Gasteiger partial charge in [0, 0.05) is 11.4 Å². The lowest BCUT2D eigenvalue weighted by Gasteiger charge is -2.17. The lowest BCUT2D eigenvalue weighted by atomic mass is 10.1. The van der Waals surface area contributed by atoms with Gasteiger partial charge in [-0.3, -0.25) is 0 Å². The normalized spacial score (nSPS) is 14.5. The fourth-order valence-corrected chi connectivity index (χ4v) is 1.98. The maximum atomic E-state index is 12.4. The zero-order valence-corrected chi connectivity index (χ0v) is 7.75. The number of hydrogen-bond donors (Lipinski definition) is 1. The van der Waals surface area contributed by atoms with Crippen LogP contribution in [-0.4, -0.2) is 17.7 Å². The van der Waals surface area contributed by atoms with E-state index in [2.05, 4.69) is 4.98 Å². The van der Waals surface area contributed by atoms with E-state index in [1.54, 1.807) is 6.92 Å². The van der Waals surface area contributed by atoms with Crippen LogP contribution >= 0.6 is 11.3 Å². The molecule has 0 amide bonds. The highest BCUT2D eigenvalue weighted by molar-refractivity contribution is 7.09. The van der Waals surface area contributed by atoms with E-state index in [4.69, 9.17) is 5.73 Å². The molecule has 2 N–H and O–H groups in total. The molecule has 74 valence electrons. The van der Waals surface area contributed by atoms with E-state index in [9.17, 15) is 13.2 Å². The molecule has 1 unspecified atom stereocenters. The third-order valence-corrected chi connectivity index (χ3v) is 2.77. The fourth-order valence-electron chi connectivity index (χ4n) is 1.03. The second kappa shape index (κ2) is 3.63. The largest absolute Gasteiger partial charge is 0.397 e. The molecular weight excluding hydrogens is 201 g/mol. The number of alkyl halides is 3. The van der Waals surface area contributed by atoms with Crippen molar-refractivity contribution in [2.75, 3.05) is 6.54 Å². The molecule has 0 saturated heterocycles. The maximum absolute atomic E-state index is 12.4. The number of nitrogens with zero attached hydrogens (tertiary/aromatic N) is 1. The van der Waals surface area contributed by atoms with Crippen LogP contribution in [0.15, 0.2) is 5.51 Å². The first-order valence-corrected chi connectivity index (χ1v) is 4.51. The summed E-state index contributed by atoms with van der Waals surface area (Å²) in [6, 6.07) is 0. The van der Waals surface area contributed by atoms with Gasteiger partial charge in [0.1, 0.15) is 5.92 Å². The Balaban J connectivity index is 2.98. The number of halogens is 3. The summed E-state index contributed by atoms with van der Waals surface area (Å²) in [5, 5.41) is 0. The highest BCUT2D eigenvalue weighted by Gasteiger charge is 2.41. The zero-order valence-electron chi connectivity index (χ0n) is 6.93. The van der Waals surface area contributed by atoms with Gasteiger partial charge in [-0.25, -0.2) is 4.98 Å². The third-order valence-electron chi connectivity index (χ3n) is 1.73. The number of nitrogens with two attached hydrogens (primary N) is 1. The highest BCUT2D eigenvalue weighted by atomic mass is 32.1. The summed E-state index contributed by atoms with van der Waals surface area (Å²) in [5.74, 6) is -1.57. The Morgan fingerprint density at radius 2 is 2.23 bits per heavy atom. The topological polar surface area (TPSA) is 38.9 Å². The maximum Gasteiger partial charge on any atom is 0.397 e. The molecule has 6 heteroatoms. The van der Waals surface area contributed by atoms with E-state index in [-0.39, 0.29) is 4.88 Å². The van der Waals surface area contributed by atoms with Crippen LogP contribution < -0.4 is 5.73 Å². The zero-order chi connectivity index (χ0) is 10.1. The van der Waals surface area contributed by atoms with Crippen LogP contribution in [0.1, 0.15) is 16.5 Å². The minimum absolute atomic E-state index is 0.218. The highest BCUT2D eigenvalue weighted by Crippen LogP contribution is 2.37. The Labute approximate surface area is 77.6 Å². The average molecular weight is 210 g/mol. The van der Waals surface area contributed by atoms with Crippen LogP contribution in [0.3, 0.4) is 0 Å². The van der Waals surface area contributed by atoms with E-state index in [1.165, 1.54) is 5.51 Å². The monoisotopic (exact) mass is 210 g/mol. The van der Waals surface area contributed by atoms with Crippen molar-refractivity contribution in [3.8, 4) is 0 Å². The summed E-state index contributed by atoms with van der Waals surface area (Å²) >= 11 is 0.998. The van der Waals surface area contributed by atoms with Gasteiger partial charge in [-0.05, 0) is 6.92 Å². The van der Waals surface area contributed by atoms with Gasteiger partial charge in [0.2, 0.25) is 0 Å². The Kier molecular flexibility index (Phi) is 2.92. The number of hydrogen-bond acceptors (Lipinski definition) is 3. The third kappa shape index (κ3) is 2.19. The van der Waals surface area contributed by atoms with Crippen molar-refractivity contribution < 1.29 is 13.2 Å². The molecule has 0 aliphatic heterocycles. The molecular formula is C7H9F3N2S. The van der Waals surface area contributed by atoms with Gasteiger partial charge in [-0.15, -0.1) is 11.3 Å². The van der Waals surface area contributed by atoms with Gasteiger partial charge >= 0.3 is 6.18 Å². The Bertz CT molecular complexity index is 282. The first-order valence-electron chi connectivity index (χ1n) is 3.63. The van der Waals surface area contributed by atoms with Crippen LogP contribution in [0.4, 0.5) is 13.2 Å². The Morgan fingerprint density at radius 3 is 2.54 bits per heavy atom. The van der Waals surface area contributed by atoms with Crippen molar-refractivity contribution in [1.29, 1.82) is 0 Å². The molecule has 0 aliphatic carbocycles. The van der Waals surface area contributed by atoms with Gasteiger partial charge < -0.3 is 5.73 Å². The van der Waals surface area contributed by atoms with E-state index in [0.29, 0.717) is 5.69 Å². The molecule has 0 spiro atoms. The standard InChI is InChI=1S/C7H9F3N2S/c1-4-6(13-3-12-4)5(2-11)7(8,9)10/h3,5H,2,11H2,1H3. The van der Waals surface area contributed by atoms with E-state index < -0.39 is 18.6 Å². The predicted molar refractivity (Wildman–Crippen MR) is 44.7 cm³/mol. The van der Waals surface area contributed by atoms with Crippen LogP contribution in [0.25, 0.3) is 0 Å². The summed E-state index contributed by atoms with van der Waals surface area (Å²) in [6.45, 7) is 1.13. The number of aromatic nitrogens is 1. The van der Waals surface area contributed by atoms with Crippen molar-refractivity contribution in [1.82, 2.24) is 4.98 Å². The number of aryl methyl sites for hydroxylation is 1. The Hall–Kier alpha value is -0.620. The lowest BCUT2D eigenvalue weighted by molar-refractivity contribution is -0.147. The SMILES string of the molecule is Cc1ncsc1C(CN)C(F)(F)F. The summed E-state index contributed by atoms with van der Waals surface area (Å²) in [5.41, 5.74) is 6.89. The fraction of sp³-hybridized carbons (Fsp3) is 0.571. The van der Waals surface area contributed by atoms with Gasteiger partial charge in [0.05, 0.1) is 11.2 Å². The lowest BCUT2D eigenvalue weighted by Crippen LogP contribution is -2.27. The van der Waals surface area contributed by atoms with E-state index in [1.807, 2.05) is 0 Å². The Morgan fingerprint density at radius 1 is 1.62 bits per heavy atom. The second-order valence-electron chi connectivity index (χ2n) is 2.63. The van der Waals surface area contributed by atoms with Crippen LogP contribution in [0, 0.1) is 6.92 Å². The molecule has 0 fully saturated rings. The minimum atomic E-state index is -4.27. The van der Waals surface area contributed by atoms with Gasteiger partial charge in [-0.1, -0.05) is 0 Å². The minimum Gasteiger partial charge on any atom is -0.329 e. The van der Waals surface area contributed by atoms with Gasteiger partial charge in [-0.2, -0.15) is 13.2 Å². The average Bonchev–Trinajstić information content (AvgIpc) is 2.35. The predicted octanol–water partition coefficient (Wildman–Crippen LogP) is 2.06. The molecule has 1 atom stereocenters.